The molecule has 0 saturated carbocycles. The Bertz CT molecular complexity index is 1060. The summed E-state index contributed by atoms with van der Waals surface area (Å²) in [5.74, 6) is 1.68. The van der Waals surface area contributed by atoms with Crippen molar-refractivity contribution in [3.05, 3.63) is 71.0 Å². The normalized spacial score (nSPS) is 10.8. The fraction of sp³-hybridized carbons (Fsp3) is 0.0526. The van der Waals surface area contributed by atoms with E-state index in [1.54, 1.807) is 7.11 Å². The lowest BCUT2D eigenvalue weighted by molar-refractivity contribution is 0.404. The molecule has 2 heterocycles. The van der Waals surface area contributed by atoms with E-state index in [0.717, 1.165) is 11.1 Å². The van der Waals surface area contributed by atoms with Gasteiger partial charge in [-0.15, -0.1) is 0 Å². The fourth-order valence-electron chi connectivity index (χ4n) is 2.62. The van der Waals surface area contributed by atoms with Crippen LogP contribution in [0.25, 0.3) is 33.9 Å². The highest BCUT2D eigenvalue weighted by Gasteiger charge is 2.14. The molecule has 2 aromatic carbocycles. The first-order chi connectivity index (χ1) is 12.2. The van der Waals surface area contributed by atoms with Crippen molar-refractivity contribution in [2.45, 2.75) is 0 Å². The molecule has 4 aromatic rings. The minimum Gasteiger partial charge on any atom is -0.496 e. The van der Waals surface area contributed by atoms with Crippen LogP contribution in [0, 0.1) is 0 Å². The van der Waals surface area contributed by atoms with Crippen LogP contribution in [0.1, 0.15) is 0 Å². The van der Waals surface area contributed by atoms with Crippen molar-refractivity contribution in [1.29, 1.82) is 0 Å². The average Bonchev–Trinajstić information content (AvgIpc) is 3.31. The van der Waals surface area contributed by atoms with Gasteiger partial charge >= 0.3 is 0 Å². The third-order valence-electron chi connectivity index (χ3n) is 3.85. The predicted octanol–water partition coefficient (Wildman–Crippen LogP) is 3.97. The van der Waals surface area contributed by atoms with E-state index in [0.29, 0.717) is 28.5 Å². The van der Waals surface area contributed by atoms with Crippen molar-refractivity contribution in [2.75, 3.05) is 7.11 Å². The number of nitrogens with one attached hydrogen (secondary N) is 1. The molecule has 4 rings (SSSR count). The summed E-state index contributed by atoms with van der Waals surface area (Å²) in [4.78, 5) is 11.3. The molecular formula is C19H14N2O4. The second kappa shape index (κ2) is 6.16. The molecule has 124 valence electrons. The number of ether oxygens (including phenoxy) is 1. The molecular weight excluding hydrogens is 320 g/mol. The maximum Gasteiger partial charge on any atom is 0.280 e. The summed E-state index contributed by atoms with van der Waals surface area (Å²) in [6.07, 6.45) is 0. The molecule has 1 N–H and O–H groups in total. The molecule has 0 bridgehead atoms. The van der Waals surface area contributed by atoms with Crippen molar-refractivity contribution in [3.8, 4) is 39.7 Å². The first-order valence-corrected chi connectivity index (χ1v) is 7.64. The predicted molar refractivity (Wildman–Crippen MR) is 92.2 cm³/mol. The molecule has 0 atom stereocenters. The molecule has 0 saturated heterocycles. The molecule has 6 heteroatoms. The lowest BCUT2D eigenvalue weighted by Gasteiger charge is -2.07. The standard InChI is InChI=1S/C19H14N2O4/c1-23-17-9-13(7-8-14(17)18-11-19(22)21-25-18)15-10-16(24-20-15)12-5-3-2-4-6-12/h2-11H,1H3,(H,21,22). The van der Waals surface area contributed by atoms with E-state index in [1.807, 2.05) is 54.6 Å². The summed E-state index contributed by atoms with van der Waals surface area (Å²) in [7, 11) is 1.56. The number of hydrogen-bond acceptors (Lipinski definition) is 5. The summed E-state index contributed by atoms with van der Waals surface area (Å²) in [6.45, 7) is 0. The monoisotopic (exact) mass is 334 g/mol. The quantitative estimate of drug-likeness (QED) is 0.611. The van der Waals surface area contributed by atoms with Crippen molar-refractivity contribution >= 4 is 0 Å². The number of rotatable bonds is 4. The van der Waals surface area contributed by atoms with Gasteiger partial charge in [0.2, 0.25) is 0 Å². The van der Waals surface area contributed by atoms with Crippen LogP contribution >= 0.6 is 0 Å². The zero-order valence-corrected chi connectivity index (χ0v) is 13.4. The minimum absolute atomic E-state index is 0.301. The number of methoxy groups -OCH3 is 1. The van der Waals surface area contributed by atoms with Gasteiger partial charge in [-0.3, -0.25) is 4.79 Å². The molecule has 0 unspecified atom stereocenters. The van der Waals surface area contributed by atoms with Crippen LogP contribution in [0.2, 0.25) is 0 Å². The van der Waals surface area contributed by atoms with Gasteiger partial charge in [-0.1, -0.05) is 41.6 Å². The van der Waals surface area contributed by atoms with E-state index >= 15 is 0 Å². The first-order valence-electron chi connectivity index (χ1n) is 7.64. The molecule has 0 aliphatic heterocycles. The summed E-state index contributed by atoms with van der Waals surface area (Å²) in [5, 5.41) is 6.41. The van der Waals surface area contributed by atoms with E-state index in [2.05, 4.69) is 10.3 Å². The lowest BCUT2D eigenvalue weighted by Crippen LogP contribution is -1.93. The van der Waals surface area contributed by atoms with Crippen LogP contribution in [-0.4, -0.2) is 17.4 Å². The third kappa shape index (κ3) is 2.85. The number of H-pyrrole nitrogens is 1. The highest BCUT2D eigenvalue weighted by molar-refractivity contribution is 5.74. The zero-order valence-electron chi connectivity index (χ0n) is 13.4. The van der Waals surface area contributed by atoms with E-state index in [1.165, 1.54) is 6.07 Å². The van der Waals surface area contributed by atoms with Gasteiger partial charge < -0.3 is 13.8 Å². The molecule has 0 spiro atoms. The van der Waals surface area contributed by atoms with Gasteiger partial charge in [0.05, 0.1) is 18.7 Å². The van der Waals surface area contributed by atoms with Gasteiger partial charge in [0.15, 0.2) is 11.5 Å². The Hall–Kier alpha value is -3.54. The molecule has 0 amide bonds. The molecule has 0 aliphatic rings. The number of aromatic amines is 1. The Kier molecular flexibility index (Phi) is 3.70. The Morgan fingerprint density at radius 2 is 1.80 bits per heavy atom. The van der Waals surface area contributed by atoms with Crippen LogP contribution < -0.4 is 10.3 Å². The van der Waals surface area contributed by atoms with Gasteiger partial charge in [-0.05, 0) is 12.1 Å². The Balaban J connectivity index is 1.72. The number of benzene rings is 2. The maximum absolute atomic E-state index is 11.3. The topological polar surface area (TPSA) is 81.3 Å². The average molecular weight is 334 g/mol. The highest BCUT2D eigenvalue weighted by atomic mass is 16.5. The van der Waals surface area contributed by atoms with Crippen LogP contribution in [0.15, 0.2) is 74.5 Å². The second-order valence-corrected chi connectivity index (χ2v) is 5.43. The first kappa shape index (κ1) is 15.0. The summed E-state index contributed by atoms with van der Waals surface area (Å²) in [6, 6.07) is 18.5. The highest BCUT2D eigenvalue weighted by Crippen LogP contribution is 2.34. The van der Waals surface area contributed by atoms with Gasteiger partial charge in [-0.2, -0.15) is 5.16 Å². The Morgan fingerprint density at radius 1 is 0.960 bits per heavy atom. The molecule has 0 radical (unpaired) electrons. The summed E-state index contributed by atoms with van der Waals surface area (Å²) in [5.41, 5.74) is 2.86. The van der Waals surface area contributed by atoms with Crippen molar-refractivity contribution in [1.82, 2.24) is 10.3 Å². The smallest absolute Gasteiger partial charge is 0.280 e. The van der Waals surface area contributed by atoms with E-state index in [9.17, 15) is 4.79 Å². The van der Waals surface area contributed by atoms with E-state index < -0.39 is 0 Å². The van der Waals surface area contributed by atoms with Crippen LogP contribution in [-0.2, 0) is 0 Å². The third-order valence-corrected chi connectivity index (χ3v) is 3.85. The summed E-state index contributed by atoms with van der Waals surface area (Å²) >= 11 is 0. The Morgan fingerprint density at radius 3 is 2.52 bits per heavy atom. The van der Waals surface area contributed by atoms with Crippen LogP contribution in [0.4, 0.5) is 0 Å². The molecule has 6 nitrogen and oxygen atoms in total. The largest absolute Gasteiger partial charge is 0.496 e. The molecule has 25 heavy (non-hydrogen) atoms. The number of aromatic nitrogens is 2. The van der Waals surface area contributed by atoms with Crippen molar-refractivity contribution in [3.63, 3.8) is 0 Å². The lowest BCUT2D eigenvalue weighted by atomic mass is 10.1. The van der Waals surface area contributed by atoms with Gasteiger partial charge in [0.1, 0.15) is 11.4 Å². The number of hydrogen-bond donors (Lipinski definition) is 1. The Labute approximate surface area is 142 Å². The number of nitrogens with zero attached hydrogens (tertiary/aromatic N) is 1. The van der Waals surface area contributed by atoms with Crippen molar-refractivity contribution < 1.29 is 13.8 Å². The van der Waals surface area contributed by atoms with Crippen molar-refractivity contribution in [2.24, 2.45) is 0 Å². The fourth-order valence-corrected chi connectivity index (χ4v) is 2.62. The second-order valence-electron chi connectivity index (χ2n) is 5.43. The SMILES string of the molecule is COc1cc(-c2cc(-c3ccccc3)on2)ccc1-c1cc(=O)[nH]o1. The van der Waals surface area contributed by atoms with Crippen LogP contribution in [0.5, 0.6) is 5.75 Å². The van der Waals surface area contributed by atoms with Gasteiger partial charge in [-0.25, -0.2) is 0 Å². The molecule has 0 aliphatic carbocycles. The van der Waals surface area contributed by atoms with Gasteiger partial charge in [0.25, 0.3) is 5.56 Å². The summed E-state index contributed by atoms with van der Waals surface area (Å²) < 4.78 is 16.0. The van der Waals surface area contributed by atoms with E-state index in [-0.39, 0.29) is 5.56 Å². The van der Waals surface area contributed by atoms with Gasteiger partial charge in [0, 0.05) is 17.2 Å². The minimum atomic E-state index is -0.301. The maximum atomic E-state index is 11.3. The van der Waals surface area contributed by atoms with E-state index in [4.69, 9.17) is 13.8 Å². The van der Waals surface area contributed by atoms with Crippen LogP contribution in [0.3, 0.4) is 0 Å². The molecule has 2 aromatic heterocycles. The molecule has 0 fully saturated rings. The zero-order chi connectivity index (χ0) is 17.2.